The van der Waals surface area contributed by atoms with Crippen molar-refractivity contribution in [3.8, 4) is 0 Å². The molecule has 1 aromatic heterocycles. The van der Waals surface area contributed by atoms with Gasteiger partial charge in [-0.05, 0) is 51.7 Å². The van der Waals surface area contributed by atoms with Crippen molar-refractivity contribution in [2.75, 3.05) is 47.3 Å². The number of quaternary nitrogens is 2. The van der Waals surface area contributed by atoms with Gasteiger partial charge in [0.1, 0.15) is 12.1 Å². The number of fused-ring (bicyclic) bond motifs is 1. The van der Waals surface area contributed by atoms with E-state index < -0.39 is 0 Å². The van der Waals surface area contributed by atoms with Crippen LogP contribution in [0.1, 0.15) is 71.0 Å². The van der Waals surface area contributed by atoms with Gasteiger partial charge in [0, 0.05) is 5.39 Å². The summed E-state index contributed by atoms with van der Waals surface area (Å²) in [7, 11) is 7.07. The number of unbranched alkanes of at least 4 members (excludes halogenated alkanes) is 7. The number of furan rings is 1. The van der Waals surface area contributed by atoms with Gasteiger partial charge in [-0.15, -0.1) is 0 Å². The molecule has 0 saturated carbocycles. The third kappa shape index (κ3) is 8.52. The van der Waals surface area contributed by atoms with E-state index in [1.807, 2.05) is 0 Å². The molecule has 0 N–H and O–H groups in total. The summed E-state index contributed by atoms with van der Waals surface area (Å²) in [4.78, 5) is 0. The third-order valence-corrected chi connectivity index (χ3v) is 6.85. The number of benzene rings is 1. The first-order chi connectivity index (χ1) is 13.9. The van der Waals surface area contributed by atoms with Crippen molar-refractivity contribution in [3.05, 3.63) is 36.1 Å². The lowest BCUT2D eigenvalue weighted by molar-refractivity contribution is -0.922. The van der Waals surface area contributed by atoms with Crippen LogP contribution in [-0.2, 0) is 6.54 Å². The fourth-order valence-corrected chi connectivity index (χ4v) is 4.09. The molecule has 29 heavy (non-hydrogen) atoms. The SMILES string of the molecule is CC[N+](C)(C)CCCCCCCCCC[N@+](C)(CC)Cc1cc2ccccc2o1. The summed E-state index contributed by atoms with van der Waals surface area (Å²) in [5, 5.41) is 1.22. The fourth-order valence-electron chi connectivity index (χ4n) is 4.09. The molecule has 0 fully saturated rings. The molecular formula is C26H46N2O+2. The zero-order chi connectivity index (χ0) is 21.2. The second-order valence-electron chi connectivity index (χ2n) is 9.87. The molecule has 1 aromatic carbocycles. The molecule has 0 aliphatic heterocycles. The normalized spacial score (nSPS) is 14.4. The average Bonchev–Trinajstić information content (AvgIpc) is 3.11. The van der Waals surface area contributed by atoms with Gasteiger partial charge < -0.3 is 13.4 Å². The molecule has 2 rings (SSSR count). The molecule has 0 unspecified atom stereocenters. The van der Waals surface area contributed by atoms with E-state index in [9.17, 15) is 0 Å². The number of para-hydroxylation sites is 1. The smallest absolute Gasteiger partial charge is 0.159 e. The highest BCUT2D eigenvalue weighted by atomic mass is 16.3. The lowest BCUT2D eigenvalue weighted by Crippen LogP contribution is -2.43. The Bertz CT molecular complexity index is 673. The minimum absolute atomic E-state index is 0.998. The molecule has 164 valence electrons. The highest BCUT2D eigenvalue weighted by Gasteiger charge is 2.21. The zero-order valence-corrected chi connectivity index (χ0v) is 19.9. The number of hydrogen-bond acceptors (Lipinski definition) is 1. The first-order valence-electron chi connectivity index (χ1n) is 12.0. The minimum Gasteiger partial charge on any atom is -0.455 e. The molecule has 0 aliphatic carbocycles. The summed E-state index contributed by atoms with van der Waals surface area (Å²) in [6.07, 6.45) is 11.1. The molecule has 0 radical (unpaired) electrons. The van der Waals surface area contributed by atoms with Gasteiger partial charge in [0.15, 0.2) is 5.76 Å². The predicted molar refractivity (Wildman–Crippen MR) is 126 cm³/mol. The van der Waals surface area contributed by atoms with E-state index in [1.165, 1.54) is 80.9 Å². The van der Waals surface area contributed by atoms with E-state index in [4.69, 9.17) is 4.42 Å². The van der Waals surface area contributed by atoms with Crippen LogP contribution in [0.3, 0.4) is 0 Å². The first-order valence-corrected chi connectivity index (χ1v) is 12.0. The van der Waals surface area contributed by atoms with Crippen molar-refractivity contribution in [1.82, 2.24) is 0 Å². The molecule has 3 heteroatoms. The maximum atomic E-state index is 6.07. The first kappa shape index (κ1) is 24.0. The monoisotopic (exact) mass is 402 g/mol. The maximum absolute atomic E-state index is 6.07. The molecule has 0 bridgehead atoms. The quantitative estimate of drug-likeness (QED) is 0.241. The van der Waals surface area contributed by atoms with Crippen molar-refractivity contribution >= 4 is 11.0 Å². The van der Waals surface area contributed by atoms with E-state index in [2.05, 4.69) is 65.3 Å². The van der Waals surface area contributed by atoms with Crippen LogP contribution in [0.4, 0.5) is 0 Å². The van der Waals surface area contributed by atoms with Crippen molar-refractivity contribution in [2.45, 2.75) is 71.8 Å². The van der Waals surface area contributed by atoms with E-state index in [-0.39, 0.29) is 0 Å². The minimum atomic E-state index is 0.998. The topological polar surface area (TPSA) is 13.1 Å². The Morgan fingerprint density at radius 1 is 0.724 bits per heavy atom. The highest BCUT2D eigenvalue weighted by molar-refractivity contribution is 5.77. The number of hydrogen-bond donors (Lipinski definition) is 0. The van der Waals surface area contributed by atoms with Crippen molar-refractivity contribution in [3.63, 3.8) is 0 Å². The van der Waals surface area contributed by atoms with Gasteiger partial charge in [0.05, 0.1) is 47.3 Å². The molecule has 0 amide bonds. The van der Waals surface area contributed by atoms with Crippen LogP contribution in [0.2, 0.25) is 0 Å². The maximum Gasteiger partial charge on any atom is 0.159 e. The van der Waals surface area contributed by atoms with E-state index in [0.29, 0.717) is 0 Å². The van der Waals surface area contributed by atoms with Crippen LogP contribution in [0, 0.1) is 0 Å². The molecule has 2 aromatic rings. The highest BCUT2D eigenvalue weighted by Crippen LogP contribution is 2.22. The van der Waals surface area contributed by atoms with Crippen molar-refractivity contribution in [1.29, 1.82) is 0 Å². The van der Waals surface area contributed by atoms with Gasteiger partial charge in [-0.25, -0.2) is 0 Å². The lowest BCUT2D eigenvalue weighted by Gasteiger charge is -2.32. The Morgan fingerprint density at radius 2 is 1.31 bits per heavy atom. The molecular weight excluding hydrogens is 356 g/mol. The van der Waals surface area contributed by atoms with Gasteiger partial charge in [-0.2, -0.15) is 0 Å². The summed E-state index contributed by atoms with van der Waals surface area (Å²) >= 11 is 0. The summed E-state index contributed by atoms with van der Waals surface area (Å²) < 4.78 is 8.31. The molecule has 3 nitrogen and oxygen atoms in total. The van der Waals surface area contributed by atoms with Gasteiger partial charge in [0.25, 0.3) is 0 Å². The van der Waals surface area contributed by atoms with Crippen LogP contribution < -0.4 is 0 Å². The largest absolute Gasteiger partial charge is 0.455 e. The summed E-state index contributed by atoms with van der Waals surface area (Å²) in [6, 6.07) is 10.6. The van der Waals surface area contributed by atoms with E-state index >= 15 is 0 Å². The third-order valence-electron chi connectivity index (χ3n) is 6.85. The summed E-state index contributed by atoms with van der Waals surface area (Å²) in [5.41, 5.74) is 1.02. The van der Waals surface area contributed by atoms with Gasteiger partial charge in [-0.3, -0.25) is 0 Å². The van der Waals surface area contributed by atoms with E-state index in [1.54, 1.807) is 0 Å². The Hall–Kier alpha value is -1.32. The average molecular weight is 403 g/mol. The van der Waals surface area contributed by atoms with Crippen LogP contribution in [0.25, 0.3) is 11.0 Å². The standard InChI is InChI=1S/C26H46N2O/c1-6-27(3,4)20-16-12-10-8-9-11-13-17-21-28(5,7-2)23-25-22-24-18-14-15-19-26(24)29-25/h14-15,18-19,22H,6-13,16-17,20-21,23H2,1-5H3/q+2/t28-/m0/s1. The van der Waals surface area contributed by atoms with Crippen molar-refractivity contribution < 1.29 is 13.4 Å². The molecule has 0 spiro atoms. The Balaban J connectivity index is 1.58. The van der Waals surface area contributed by atoms with Gasteiger partial charge in [-0.1, -0.05) is 43.9 Å². The fraction of sp³-hybridized carbons (Fsp3) is 0.692. The predicted octanol–water partition coefficient (Wildman–Crippen LogP) is 6.62. The molecule has 0 saturated heterocycles. The van der Waals surface area contributed by atoms with Gasteiger partial charge in [0.2, 0.25) is 0 Å². The molecule has 0 aliphatic rings. The lowest BCUT2D eigenvalue weighted by atomic mass is 10.1. The second-order valence-corrected chi connectivity index (χ2v) is 9.87. The Kier molecular flexibility index (Phi) is 9.71. The van der Waals surface area contributed by atoms with Crippen LogP contribution >= 0.6 is 0 Å². The molecule has 1 atom stereocenters. The van der Waals surface area contributed by atoms with Crippen molar-refractivity contribution in [2.24, 2.45) is 0 Å². The van der Waals surface area contributed by atoms with Crippen LogP contribution in [0.5, 0.6) is 0 Å². The van der Waals surface area contributed by atoms with Gasteiger partial charge >= 0.3 is 0 Å². The Labute approximate surface area is 179 Å². The summed E-state index contributed by atoms with van der Waals surface area (Å²) in [6.45, 7) is 10.6. The van der Waals surface area contributed by atoms with Crippen LogP contribution in [0.15, 0.2) is 34.7 Å². The zero-order valence-electron chi connectivity index (χ0n) is 19.9. The van der Waals surface area contributed by atoms with E-state index in [0.717, 1.165) is 28.9 Å². The molecule has 1 heterocycles. The number of nitrogens with zero attached hydrogens (tertiary/aromatic N) is 2. The summed E-state index contributed by atoms with van der Waals surface area (Å²) in [5.74, 6) is 1.13. The Morgan fingerprint density at radius 3 is 1.90 bits per heavy atom. The number of rotatable bonds is 15. The second kappa shape index (κ2) is 11.8. The van der Waals surface area contributed by atoms with Crippen LogP contribution in [-0.4, -0.2) is 56.3 Å².